The van der Waals surface area contributed by atoms with E-state index >= 15 is 0 Å². The molecule has 0 aliphatic rings. The van der Waals surface area contributed by atoms with Crippen molar-refractivity contribution in [3.8, 4) is 0 Å². The van der Waals surface area contributed by atoms with Gasteiger partial charge in [0.1, 0.15) is 30.8 Å². The largest absolute Gasteiger partial charge is 0.480 e. The highest BCUT2D eigenvalue weighted by molar-refractivity contribution is 5.93. The molecule has 0 aromatic heterocycles. The average molecular weight is 575 g/mol. The van der Waals surface area contributed by atoms with Crippen molar-refractivity contribution in [3.05, 3.63) is 60.4 Å². The fraction of sp³-hybridized carbons (Fsp3) is 0.464. The number of ether oxygens (including phenoxy) is 1. The van der Waals surface area contributed by atoms with Crippen molar-refractivity contribution in [1.82, 2.24) is 26.6 Å². The van der Waals surface area contributed by atoms with E-state index in [0.29, 0.717) is 31.5 Å². The molecule has 226 valence electrons. The Bertz CT molecular complexity index is 1080. The van der Waals surface area contributed by atoms with Gasteiger partial charge in [-0.3, -0.25) is 14.4 Å². The van der Waals surface area contributed by atoms with Gasteiger partial charge in [-0.05, 0) is 45.6 Å². The Morgan fingerprint density at radius 3 is 2.02 bits per heavy atom. The van der Waals surface area contributed by atoms with Crippen LogP contribution in [0.3, 0.4) is 0 Å². The number of carbonyl (C=O) groups excluding carboxylic acids is 4. The number of carboxylic acids is 1. The number of hydrogen-bond acceptors (Lipinski definition) is 8. The molecule has 0 bridgehead atoms. The van der Waals surface area contributed by atoms with Crippen LogP contribution in [0.5, 0.6) is 0 Å². The molecule has 0 saturated heterocycles. The van der Waals surface area contributed by atoms with Gasteiger partial charge in [-0.2, -0.15) is 0 Å². The summed E-state index contributed by atoms with van der Waals surface area (Å²) in [5.41, 5.74) is 6.96. The molecule has 1 rings (SSSR count). The number of allylic oxidation sites excluding steroid dienone is 1. The topological polar surface area (TPSA) is 201 Å². The highest BCUT2D eigenvalue weighted by atomic mass is 16.5. The first-order valence-electron chi connectivity index (χ1n) is 13.2. The summed E-state index contributed by atoms with van der Waals surface area (Å²) in [6, 6.07) is 5.25. The Balaban J connectivity index is 2.49. The van der Waals surface area contributed by atoms with Crippen LogP contribution in [0.2, 0.25) is 0 Å². The van der Waals surface area contributed by atoms with E-state index in [4.69, 9.17) is 10.5 Å². The van der Waals surface area contributed by atoms with Gasteiger partial charge in [0.15, 0.2) is 0 Å². The molecule has 1 aromatic rings. The Hall–Kier alpha value is -4.55. The van der Waals surface area contributed by atoms with Crippen LogP contribution in [0, 0.1) is 0 Å². The lowest BCUT2D eigenvalue weighted by Gasteiger charge is -2.23. The van der Waals surface area contributed by atoms with Crippen LogP contribution < -0.4 is 32.3 Å². The molecule has 4 amide bonds. The Kier molecular flexibility index (Phi) is 15.1. The van der Waals surface area contributed by atoms with Crippen molar-refractivity contribution in [3.63, 3.8) is 0 Å². The van der Waals surface area contributed by atoms with Gasteiger partial charge in [0.2, 0.25) is 17.7 Å². The van der Waals surface area contributed by atoms with Gasteiger partial charge in [-0.25, -0.2) is 9.59 Å². The normalized spacial score (nSPS) is 13.3. The summed E-state index contributed by atoms with van der Waals surface area (Å²) < 4.78 is 5.16. The molecule has 0 saturated carbocycles. The van der Waals surface area contributed by atoms with Crippen molar-refractivity contribution in [2.45, 2.75) is 77.2 Å². The Morgan fingerprint density at radius 2 is 1.46 bits per heavy atom. The maximum atomic E-state index is 12.9. The molecular weight excluding hydrogens is 532 g/mol. The first kappa shape index (κ1) is 34.5. The van der Waals surface area contributed by atoms with Crippen LogP contribution in [-0.4, -0.2) is 65.6 Å². The molecule has 0 spiro atoms. The van der Waals surface area contributed by atoms with Crippen molar-refractivity contribution < 1.29 is 33.8 Å². The molecular formula is C28H42N6O7. The van der Waals surface area contributed by atoms with E-state index in [2.05, 4.69) is 39.7 Å². The lowest BCUT2D eigenvalue weighted by Crippen LogP contribution is -2.55. The van der Waals surface area contributed by atoms with Crippen molar-refractivity contribution in [1.29, 1.82) is 0 Å². The van der Waals surface area contributed by atoms with E-state index in [-0.39, 0.29) is 18.7 Å². The number of rotatable bonds is 18. The minimum atomic E-state index is -1.29. The van der Waals surface area contributed by atoms with Crippen LogP contribution in [0.4, 0.5) is 4.79 Å². The fourth-order valence-corrected chi connectivity index (χ4v) is 3.55. The van der Waals surface area contributed by atoms with Crippen LogP contribution in [0.15, 0.2) is 54.9 Å². The van der Waals surface area contributed by atoms with E-state index in [9.17, 15) is 29.1 Å². The lowest BCUT2D eigenvalue weighted by molar-refractivity contribution is -0.142. The molecule has 13 heteroatoms. The fourth-order valence-electron chi connectivity index (χ4n) is 3.55. The molecule has 0 radical (unpaired) electrons. The van der Waals surface area contributed by atoms with Crippen LogP contribution >= 0.6 is 0 Å². The second-order valence-electron chi connectivity index (χ2n) is 9.68. The van der Waals surface area contributed by atoms with E-state index in [1.165, 1.54) is 13.8 Å². The minimum absolute atomic E-state index is 0.0845. The average Bonchev–Trinajstić information content (AvgIpc) is 2.90. The predicted molar refractivity (Wildman–Crippen MR) is 153 cm³/mol. The molecule has 0 unspecified atom stereocenters. The number of carboxylic acid groups (broad SMARTS) is 1. The smallest absolute Gasteiger partial charge is 0.407 e. The highest BCUT2D eigenvalue weighted by Crippen LogP contribution is 2.05. The molecule has 1 aromatic carbocycles. The number of unbranched alkanes of at least 4 members (excludes halogenated alkanes) is 1. The number of amides is 4. The number of nitrogens with one attached hydrogen (secondary N) is 5. The first-order chi connectivity index (χ1) is 19.3. The first-order valence-corrected chi connectivity index (χ1v) is 13.2. The van der Waals surface area contributed by atoms with Gasteiger partial charge in [0, 0.05) is 24.4 Å². The van der Waals surface area contributed by atoms with Gasteiger partial charge in [-0.15, -0.1) is 0 Å². The zero-order chi connectivity index (χ0) is 30.9. The third-order valence-electron chi connectivity index (χ3n) is 5.72. The number of hydrogen-bond donors (Lipinski definition) is 7. The molecule has 4 atom stereocenters. The maximum Gasteiger partial charge on any atom is 0.407 e. The maximum absolute atomic E-state index is 12.9. The zero-order valence-electron chi connectivity index (χ0n) is 23.8. The lowest BCUT2D eigenvalue weighted by atomic mass is 10.1. The van der Waals surface area contributed by atoms with Gasteiger partial charge < -0.3 is 42.2 Å². The third-order valence-corrected chi connectivity index (χ3v) is 5.72. The number of nitrogens with two attached hydrogens (primary N) is 1. The van der Waals surface area contributed by atoms with E-state index in [0.717, 1.165) is 5.56 Å². The summed E-state index contributed by atoms with van der Waals surface area (Å²) in [6.07, 6.45) is 0.860. The Labute approximate surface area is 240 Å². The SMILES string of the molecule is C=C(N)C[C@H](NC(=O)[C@@H](C)NC(=O)[C@H](C)NC(=O)[C@H](CCCCNC(=O)OCc1ccccc1)NC(=C)C)C(=O)O. The van der Waals surface area contributed by atoms with Gasteiger partial charge >= 0.3 is 12.1 Å². The van der Waals surface area contributed by atoms with Crippen LogP contribution in [0.1, 0.15) is 52.0 Å². The third kappa shape index (κ3) is 14.4. The number of aliphatic carboxylic acids is 1. The summed E-state index contributed by atoms with van der Waals surface area (Å²) in [7, 11) is 0. The van der Waals surface area contributed by atoms with Crippen molar-refractivity contribution in [2.24, 2.45) is 5.73 Å². The Morgan fingerprint density at radius 1 is 0.878 bits per heavy atom. The van der Waals surface area contributed by atoms with Crippen molar-refractivity contribution in [2.75, 3.05) is 6.54 Å². The zero-order valence-corrected chi connectivity index (χ0v) is 23.8. The number of alkyl carbamates (subject to hydrolysis) is 1. The molecule has 13 nitrogen and oxygen atoms in total. The summed E-state index contributed by atoms with van der Waals surface area (Å²) >= 11 is 0. The van der Waals surface area contributed by atoms with E-state index in [1.807, 2.05) is 30.3 Å². The predicted octanol–water partition coefficient (Wildman–Crippen LogP) is 1.02. The molecule has 0 aliphatic heterocycles. The van der Waals surface area contributed by atoms with Crippen LogP contribution in [-0.2, 0) is 30.5 Å². The monoisotopic (exact) mass is 574 g/mol. The summed E-state index contributed by atoms with van der Waals surface area (Å²) in [6.45, 7) is 12.3. The molecule has 0 aliphatic carbocycles. The van der Waals surface area contributed by atoms with Gasteiger partial charge in [-0.1, -0.05) is 43.5 Å². The molecule has 0 fully saturated rings. The summed E-state index contributed by atoms with van der Waals surface area (Å²) in [5.74, 6) is -3.11. The molecule has 41 heavy (non-hydrogen) atoms. The number of benzene rings is 1. The molecule has 8 N–H and O–H groups in total. The van der Waals surface area contributed by atoms with Gasteiger partial charge in [0.25, 0.3) is 0 Å². The summed E-state index contributed by atoms with van der Waals surface area (Å²) in [4.78, 5) is 61.0. The standard InChI is InChI=1S/C28H42N6O7/c1-17(2)31-22(13-9-10-14-30-28(40)41-16-21-11-7-6-8-12-21)26(37)33-19(4)24(35)32-20(5)25(36)34-23(27(38)39)15-18(3)29/h6-8,11-12,19-20,22-23,31H,1,3,9-10,13-16,29H2,2,4-5H3,(H,30,40)(H,32,35)(H,33,37)(H,34,36)(H,38,39)/t19-,20+,22-,23-/m0/s1. The minimum Gasteiger partial charge on any atom is -0.480 e. The second-order valence-corrected chi connectivity index (χ2v) is 9.68. The summed E-state index contributed by atoms with van der Waals surface area (Å²) in [5, 5.41) is 22.2. The van der Waals surface area contributed by atoms with E-state index in [1.54, 1.807) is 6.92 Å². The molecule has 0 heterocycles. The van der Waals surface area contributed by atoms with Crippen LogP contribution in [0.25, 0.3) is 0 Å². The van der Waals surface area contributed by atoms with E-state index < -0.39 is 54.0 Å². The highest BCUT2D eigenvalue weighted by Gasteiger charge is 2.27. The van der Waals surface area contributed by atoms with Gasteiger partial charge in [0.05, 0.1) is 0 Å². The second kappa shape index (κ2) is 17.9. The van der Waals surface area contributed by atoms with Crippen molar-refractivity contribution >= 4 is 29.8 Å². The number of carbonyl (C=O) groups is 5. The quantitative estimate of drug-likeness (QED) is 0.125.